The predicted octanol–water partition coefficient (Wildman–Crippen LogP) is 0.663. The minimum atomic E-state index is -1.26. The summed E-state index contributed by atoms with van der Waals surface area (Å²) in [6.45, 7) is 4.68. The number of hydrogen-bond acceptors (Lipinski definition) is 4. The van der Waals surface area contributed by atoms with Gasteiger partial charge < -0.3 is 9.84 Å². The molecule has 0 unspecified atom stereocenters. The molecule has 14 heavy (non-hydrogen) atoms. The molecule has 0 heterocycles. The molecule has 0 fully saturated rings. The zero-order chi connectivity index (χ0) is 11.1. The predicted molar refractivity (Wildman–Crippen MR) is 47.3 cm³/mol. The fraction of sp³-hybridized carbons (Fsp3) is 0.222. The quantitative estimate of drug-likeness (QED) is 0.407. The highest BCUT2D eigenvalue weighted by Gasteiger charge is 2.13. The normalized spacial score (nSPS) is 10.5. The van der Waals surface area contributed by atoms with Crippen molar-refractivity contribution in [1.82, 2.24) is 0 Å². The van der Waals surface area contributed by atoms with E-state index in [2.05, 4.69) is 11.3 Å². The lowest BCUT2D eigenvalue weighted by atomic mass is 10.2. The lowest BCUT2D eigenvalue weighted by Crippen LogP contribution is -2.13. The van der Waals surface area contributed by atoms with Gasteiger partial charge in [0.1, 0.15) is 0 Å². The average molecular weight is 198 g/mol. The molecule has 0 atom stereocenters. The van der Waals surface area contributed by atoms with Gasteiger partial charge in [0, 0.05) is 17.7 Å². The molecular weight excluding hydrogens is 188 g/mol. The number of esters is 2. The van der Waals surface area contributed by atoms with E-state index in [0.717, 1.165) is 6.08 Å². The maximum Gasteiger partial charge on any atom is 0.342 e. The monoisotopic (exact) mass is 198 g/mol. The number of hydrogen-bond donors (Lipinski definition) is 1. The summed E-state index contributed by atoms with van der Waals surface area (Å²) in [6.07, 6.45) is 1.71. The van der Waals surface area contributed by atoms with Crippen molar-refractivity contribution >= 4 is 17.9 Å². The Hall–Kier alpha value is -1.91. The standard InChI is InChI=1S/C9H10O5/c1-3-6(5-7(10)11)9(13)14-8(12)4-2/h4-5H,2-3H2,1H3,(H,10,11)/b6-5-. The molecule has 5 heteroatoms. The molecule has 1 N–H and O–H groups in total. The van der Waals surface area contributed by atoms with E-state index in [4.69, 9.17) is 5.11 Å². The van der Waals surface area contributed by atoms with Crippen LogP contribution in [0.5, 0.6) is 0 Å². The van der Waals surface area contributed by atoms with Crippen molar-refractivity contribution < 1.29 is 24.2 Å². The molecule has 0 aliphatic rings. The molecule has 0 rings (SSSR count). The summed E-state index contributed by atoms with van der Waals surface area (Å²) in [4.78, 5) is 31.9. The van der Waals surface area contributed by atoms with Gasteiger partial charge >= 0.3 is 17.9 Å². The summed E-state index contributed by atoms with van der Waals surface area (Å²) in [5, 5.41) is 8.37. The van der Waals surface area contributed by atoms with Crippen molar-refractivity contribution in [2.75, 3.05) is 0 Å². The molecule has 0 aromatic rings. The molecule has 0 saturated carbocycles. The fourth-order valence-electron chi connectivity index (χ4n) is 0.653. The Balaban J connectivity index is 4.55. The molecule has 5 nitrogen and oxygen atoms in total. The topological polar surface area (TPSA) is 80.7 Å². The Morgan fingerprint density at radius 1 is 1.43 bits per heavy atom. The first-order valence-corrected chi connectivity index (χ1v) is 3.83. The summed E-state index contributed by atoms with van der Waals surface area (Å²) in [5.41, 5.74) is -0.0762. The van der Waals surface area contributed by atoms with Crippen LogP contribution in [0.1, 0.15) is 13.3 Å². The highest BCUT2D eigenvalue weighted by Crippen LogP contribution is 2.03. The van der Waals surface area contributed by atoms with E-state index in [-0.39, 0.29) is 12.0 Å². The first kappa shape index (κ1) is 12.1. The van der Waals surface area contributed by atoms with Gasteiger partial charge in [-0.25, -0.2) is 14.4 Å². The summed E-state index contributed by atoms with van der Waals surface area (Å²) in [7, 11) is 0. The zero-order valence-corrected chi connectivity index (χ0v) is 7.65. The maximum atomic E-state index is 11.1. The van der Waals surface area contributed by atoms with Crippen molar-refractivity contribution in [2.45, 2.75) is 13.3 Å². The van der Waals surface area contributed by atoms with Gasteiger partial charge in [0.25, 0.3) is 0 Å². The molecule has 0 aliphatic carbocycles. The number of carbonyl (C=O) groups is 3. The highest BCUT2D eigenvalue weighted by atomic mass is 16.6. The van der Waals surface area contributed by atoms with Crippen molar-refractivity contribution in [3.8, 4) is 0 Å². The van der Waals surface area contributed by atoms with Crippen LogP contribution in [0, 0.1) is 0 Å². The summed E-state index contributed by atoms with van der Waals surface area (Å²) in [6, 6.07) is 0. The summed E-state index contributed by atoms with van der Waals surface area (Å²) in [5.74, 6) is -3.12. The van der Waals surface area contributed by atoms with Crippen LogP contribution in [0.25, 0.3) is 0 Å². The van der Waals surface area contributed by atoms with Gasteiger partial charge in [0.05, 0.1) is 0 Å². The largest absolute Gasteiger partial charge is 0.478 e. The van der Waals surface area contributed by atoms with Crippen LogP contribution in [-0.4, -0.2) is 23.0 Å². The van der Waals surface area contributed by atoms with E-state index in [1.807, 2.05) is 0 Å². The number of aliphatic carboxylic acids is 1. The van der Waals surface area contributed by atoms with Gasteiger partial charge in [-0.3, -0.25) is 0 Å². The van der Waals surface area contributed by atoms with E-state index < -0.39 is 17.9 Å². The van der Waals surface area contributed by atoms with Gasteiger partial charge in [-0.2, -0.15) is 0 Å². The molecular formula is C9H10O5. The Labute approximate surface area is 80.7 Å². The van der Waals surface area contributed by atoms with E-state index in [1.165, 1.54) is 0 Å². The Bertz CT molecular complexity index is 300. The van der Waals surface area contributed by atoms with Crippen LogP contribution < -0.4 is 0 Å². The lowest BCUT2D eigenvalue weighted by molar-refractivity contribution is -0.153. The second-order valence-corrected chi connectivity index (χ2v) is 2.27. The molecule has 76 valence electrons. The van der Waals surface area contributed by atoms with Crippen LogP contribution in [0.3, 0.4) is 0 Å². The van der Waals surface area contributed by atoms with Gasteiger partial charge in [-0.15, -0.1) is 0 Å². The second-order valence-electron chi connectivity index (χ2n) is 2.27. The molecule has 0 spiro atoms. The van der Waals surface area contributed by atoms with E-state index in [9.17, 15) is 14.4 Å². The molecule has 0 aromatic heterocycles. The smallest absolute Gasteiger partial charge is 0.342 e. The molecule has 0 bridgehead atoms. The molecule has 0 radical (unpaired) electrons. The van der Waals surface area contributed by atoms with Crippen molar-refractivity contribution in [2.24, 2.45) is 0 Å². The Morgan fingerprint density at radius 3 is 2.36 bits per heavy atom. The third-order valence-corrected chi connectivity index (χ3v) is 1.30. The molecule has 0 aromatic carbocycles. The number of carboxylic acids is 1. The molecule has 0 aliphatic heterocycles. The lowest BCUT2D eigenvalue weighted by Gasteiger charge is -2.00. The van der Waals surface area contributed by atoms with E-state index >= 15 is 0 Å². The third-order valence-electron chi connectivity index (χ3n) is 1.30. The molecule has 0 saturated heterocycles. The van der Waals surface area contributed by atoms with Crippen LogP contribution >= 0.6 is 0 Å². The van der Waals surface area contributed by atoms with Crippen molar-refractivity contribution in [3.05, 3.63) is 24.3 Å². The summed E-state index contributed by atoms with van der Waals surface area (Å²) < 4.78 is 4.23. The minimum Gasteiger partial charge on any atom is -0.478 e. The van der Waals surface area contributed by atoms with E-state index in [1.54, 1.807) is 6.92 Å². The van der Waals surface area contributed by atoms with Crippen molar-refractivity contribution in [3.63, 3.8) is 0 Å². The Kier molecular flexibility index (Phi) is 4.91. The van der Waals surface area contributed by atoms with Gasteiger partial charge in [0.15, 0.2) is 0 Å². The number of ether oxygens (including phenoxy) is 1. The molecule has 0 amide bonds. The van der Waals surface area contributed by atoms with Crippen LogP contribution in [-0.2, 0) is 19.1 Å². The highest BCUT2D eigenvalue weighted by molar-refractivity contribution is 6.02. The zero-order valence-electron chi connectivity index (χ0n) is 7.65. The number of rotatable bonds is 4. The number of carboxylic acid groups (broad SMARTS) is 1. The fourth-order valence-corrected chi connectivity index (χ4v) is 0.653. The van der Waals surface area contributed by atoms with Crippen LogP contribution in [0.2, 0.25) is 0 Å². The first-order valence-electron chi connectivity index (χ1n) is 3.83. The summed E-state index contributed by atoms with van der Waals surface area (Å²) >= 11 is 0. The third kappa shape index (κ3) is 4.20. The minimum absolute atomic E-state index is 0.0762. The van der Waals surface area contributed by atoms with Crippen molar-refractivity contribution in [1.29, 1.82) is 0 Å². The van der Waals surface area contributed by atoms with Crippen LogP contribution in [0.15, 0.2) is 24.3 Å². The van der Waals surface area contributed by atoms with E-state index in [0.29, 0.717) is 6.08 Å². The Morgan fingerprint density at radius 2 is 2.00 bits per heavy atom. The second kappa shape index (κ2) is 5.69. The number of carbonyl (C=O) groups excluding carboxylic acids is 2. The van der Waals surface area contributed by atoms with Gasteiger partial charge in [0.2, 0.25) is 0 Å². The maximum absolute atomic E-state index is 11.1. The van der Waals surface area contributed by atoms with Gasteiger partial charge in [-0.05, 0) is 6.42 Å². The van der Waals surface area contributed by atoms with Crippen LogP contribution in [0.4, 0.5) is 0 Å². The average Bonchev–Trinajstić information content (AvgIpc) is 2.13. The SMILES string of the molecule is C=CC(=O)OC(=O)/C(=C\C(=O)O)CC. The van der Waals surface area contributed by atoms with Gasteiger partial charge in [-0.1, -0.05) is 13.5 Å². The first-order chi connectivity index (χ1) is 6.51.